The zero-order chi connectivity index (χ0) is 22.4. The Morgan fingerprint density at radius 2 is 1.94 bits per heavy atom. The number of nitrogens with one attached hydrogen (secondary N) is 2. The van der Waals surface area contributed by atoms with E-state index in [-0.39, 0.29) is 17.9 Å². The minimum atomic E-state index is -4.48. The minimum absolute atomic E-state index is 0.0385. The van der Waals surface area contributed by atoms with Crippen LogP contribution in [0.3, 0.4) is 0 Å². The van der Waals surface area contributed by atoms with Crippen LogP contribution in [0.4, 0.5) is 30.2 Å². The Morgan fingerprint density at radius 1 is 1.19 bits per heavy atom. The average Bonchev–Trinajstić information content (AvgIpc) is 3.26. The Labute approximate surface area is 175 Å². The summed E-state index contributed by atoms with van der Waals surface area (Å²) in [7, 11) is 0. The van der Waals surface area contributed by atoms with E-state index in [9.17, 15) is 28.1 Å². The molecule has 0 saturated carbocycles. The molecule has 3 rings (SSSR count). The van der Waals surface area contributed by atoms with Crippen LogP contribution in [0.2, 0.25) is 0 Å². The lowest BCUT2D eigenvalue weighted by atomic mass is 10.1. The molecule has 2 aromatic rings. The highest BCUT2D eigenvalue weighted by Crippen LogP contribution is 2.32. The molecule has 1 fully saturated rings. The van der Waals surface area contributed by atoms with Crippen molar-refractivity contribution in [1.29, 1.82) is 0 Å². The predicted octanol–water partition coefficient (Wildman–Crippen LogP) is 3.78. The van der Waals surface area contributed by atoms with Crippen LogP contribution in [0.15, 0.2) is 47.6 Å². The number of carbonyl (C=O) groups is 1. The molecule has 0 bridgehead atoms. The van der Waals surface area contributed by atoms with Gasteiger partial charge < -0.3 is 10.2 Å². The van der Waals surface area contributed by atoms with E-state index in [1.807, 2.05) is 4.90 Å². The predicted molar refractivity (Wildman–Crippen MR) is 110 cm³/mol. The SMILES string of the molecule is O=C(CNc1cccc(C(F)(F)F)c1)NN=Cc1ccc(N2CCCC2)c([N+](=O)[O-])c1. The van der Waals surface area contributed by atoms with Gasteiger partial charge in [0.25, 0.3) is 11.6 Å². The number of carbonyl (C=O) groups excluding carboxylic acids is 1. The number of rotatable bonds is 7. The zero-order valence-corrected chi connectivity index (χ0v) is 16.4. The third-order valence-electron chi connectivity index (χ3n) is 4.69. The molecule has 11 heteroatoms. The molecule has 2 N–H and O–H groups in total. The van der Waals surface area contributed by atoms with E-state index >= 15 is 0 Å². The van der Waals surface area contributed by atoms with Crippen LogP contribution in [0.5, 0.6) is 0 Å². The average molecular weight is 435 g/mol. The summed E-state index contributed by atoms with van der Waals surface area (Å²) in [5, 5.41) is 17.7. The first-order valence-corrected chi connectivity index (χ1v) is 9.50. The summed E-state index contributed by atoms with van der Waals surface area (Å²) in [4.78, 5) is 24.8. The Morgan fingerprint density at radius 3 is 2.61 bits per heavy atom. The van der Waals surface area contributed by atoms with Crippen molar-refractivity contribution >= 4 is 29.2 Å². The third-order valence-corrected chi connectivity index (χ3v) is 4.69. The largest absolute Gasteiger partial charge is 0.416 e. The van der Waals surface area contributed by atoms with E-state index < -0.39 is 22.6 Å². The summed E-state index contributed by atoms with van der Waals surface area (Å²) < 4.78 is 38.1. The Balaban J connectivity index is 1.57. The molecule has 1 heterocycles. The molecule has 31 heavy (non-hydrogen) atoms. The first kappa shape index (κ1) is 22.1. The lowest BCUT2D eigenvalue weighted by molar-refractivity contribution is -0.384. The number of hydrazone groups is 1. The number of halogens is 3. The van der Waals surface area contributed by atoms with Gasteiger partial charge in [0.05, 0.1) is 23.2 Å². The van der Waals surface area contributed by atoms with Crippen molar-refractivity contribution in [3.05, 3.63) is 63.7 Å². The summed E-state index contributed by atoms with van der Waals surface area (Å²) in [5.41, 5.74) is 2.49. The number of benzene rings is 2. The van der Waals surface area contributed by atoms with Gasteiger partial charge in [0.2, 0.25) is 0 Å². The molecule has 0 spiro atoms. The zero-order valence-electron chi connectivity index (χ0n) is 16.4. The van der Waals surface area contributed by atoms with Gasteiger partial charge in [-0.15, -0.1) is 0 Å². The molecular formula is C20H20F3N5O3. The molecule has 2 aromatic carbocycles. The van der Waals surface area contributed by atoms with Crippen molar-refractivity contribution in [3.8, 4) is 0 Å². The number of nitro groups is 1. The van der Waals surface area contributed by atoms with Crippen LogP contribution < -0.4 is 15.6 Å². The number of hydrogen-bond donors (Lipinski definition) is 2. The summed E-state index contributed by atoms with van der Waals surface area (Å²) in [6, 6.07) is 9.18. The molecule has 8 nitrogen and oxygen atoms in total. The lowest BCUT2D eigenvalue weighted by Gasteiger charge is -2.17. The summed E-state index contributed by atoms with van der Waals surface area (Å²) in [6.07, 6.45) is -1.23. The van der Waals surface area contributed by atoms with Gasteiger partial charge in [-0.1, -0.05) is 12.1 Å². The van der Waals surface area contributed by atoms with E-state index in [1.165, 1.54) is 24.4 Å². The number of nitro benzene ring substituents is 1. The van der Waals surface area contributed by atoms with Crippen molar-refractivity contribution in [2.45, 2.75) is 19.0 Å². The summed E-state index contributed by atoms with van der Waals surface area (Å²) in [5.74, 6) is -0.586. The van der Waals surface area contributed by atoms with Crippen LogP contribution in [0, 0.1) is 10.1 Å². The van der Waals surface area contributed by atoms with Crippen LogP contribution in [0.1, 0.15) is 24.0 Å². The maximum Gasteiger partial charge on any atom is 0.416 e. The molecule has 0 radical (unpaired) electrons. The topological polar surface area (TPSA) is 99.9 Å². The van der Waals surface area contributed by atoms with E-state index in [2.05, 4.69) is 15.8 Å². The molecule has 0 atom stereocenters. The molecule has 1 amide bonds. The van der Waals surface area contributed by atoms with E-state index in [0.29, 0.717) is 11.3 Å². The molecule has 164 valence electrons. The maximum absolute atomic E-state index is 12.7. The van der Waals surface area contributed by atoms with Crippen molar-refractivity contribution in [3.63, 3.8) is 0 Å². The van der Waals surface area contributed by atoms with Crippen LogP contribution >= 0.6 is 0 Å². The van der Waals surface area contributed by atoms with Gasteiger partial charge >= 0.3 is 6.18 Å². The molecule has 1 saturated heterocycles. The van der Waals surface area contributed by atoms with Crippen LogP contribution in [0.25, 0.3) is 0 Å². The normalized spacial score (nSPS) is 14.1. The van der Waals surface area contributed by atoms with Crippen LogP contribution in [-0.4, -0.2) is 36.7 Å². The first-order valence-electron chi connectivity index (χ1n) is 9.50. The van der Waals surface area contributed by atoms with Gasteiger partial charge in [0, 0.05) is 30.4 Å². The van der Waals surface area contributed by atoms with E-state index in [0.717, 1.165) is 38.1 Å². The standard InChI is InChI=1S/C20H20F3N5O3/c21-20(22,23)15-4-3-5-16(11-15)24-13-19(29)26-25-12-14-6-7-17(18(10-14)28(30)31)27-8-1-2-9-27/h3-7,10-12,24H,1-2,8-9,13H2,(H,26,29). The number of hydrogen-bond acceptors (Lipinski definition) is 6. The number of alkyl halides is 3. The molecule has 0 unspecified atom stereocenters. The molecule has 0 aliphatic carbocycles. The Hall–Kier alpha value is -3.63. The van der Waals surface area contributed by atoms with Crippen molar-refractivity contribution < 1.29 is 22.9 Å². The molecule has 1 aliphatic heterocycles. The summed E-state index contributed by atoms with van der Waals surface area (Å²) in [6.45, 7) is 1.24. The van der Waals surface area contributed by atoms with E-state index in [4.69, 9.17) is 0 Å². The molecular weight excluding hydrogens is 415 g/mol. The molecule has 1 aliphatic rings. The minimum Gasteiger partial charge on any atom is -0.376 e. The second-order valence-corrected chi connectivity index (χ2v) is 6.92. The van der Waals surface area contributed by atoms with Gasteiger partial charge in [0.1, 0.15) is 5.69 Å². The quantitative estimate of drug-likeness (QED) is 0.392. The van der Waals surface area contributed by atoms with Crippen LogP contribution in [-0.2, 0) is 11.0 Å². The summed E-state index contributed by atoms with van der Waals surface area (Å²) >= 11 is 0. The highest BCUT2D eigenvalue weighted by atomic mass is 19.4. The fourth-order valence-electron chi connectivity index (χ4n) is 3.20. The highest BCUT2D eigenvalue weighted by molar-refractivity contribution is 5.86. The Bertz CT molecular complexity index is 988. The maximum atomic E-state index is 12.7. The smallest absolute Gasteiger partial charge is 0.376 e. The fourth-order valence-corrected chi connectivity index (χ4v) is 3.20. The lowest BCUT2D eigenvalue weighted by Crippen LogP contribution is -2.26. The van der Waals surface area contributed by atoms with Gasteiger partial charge in [-0.3, -0.25) is 14.9 Å². The second-order valence-electron chi connectivity index (χ2n) is 6.92. The monoisotopic (exact) mass is 435 g/mol. The third kappa shape index (κ3) is 5.93. The van der Waals surface area contributed by atoms with Gasteiger partial charge in [0.15, 0.2) is 0 Å². The number of amides is 1. The van der Waals surface area contributed by atoms with Crippen molar-refractivity contribution in [1.82, 2.24) is 5.43 Å². The van der Waals surface area contributed by atoms with Gasteiger partial charge in [-0.05, 0) is 37.1 Å². The van der Waals surface area contributed by atoms with E-state index in [1.54, 1.807) is 12.1 Å². The van der Waals surface area contributed by atoms with Gasteiger partial charge in [-0.25, -0.2) is 5.43 Å². The second kappa shape index (κ2) is 9.45. The molecule has 0 aromatic heterocycles. The highest BCUT2D eigenvalue weighted by Gasteiger charge is 2.30. The Kier molecular flexibility index (Phi) is 6.73. The number of anilines is 2. The fraction of sp³-hybridized carbons (Fsp3) is 0.300. The van der Waals surface area contributed by atoms with Crippen molar-refractivity contribution in [2.75, 3.05) is 29.9 Å². The first-order chi connectivity index (χ1) is 14.7. The van der Waals surface area contributed by atoms with Gasteiger partial charge in [-0.2, -0.15) is 18.3 Å². The van der Waals surface area contributed by atoms with Crippen molar-refractivity contribution in [2.24, 2.45) is 5.10 Å². The number of nitrogens with zero attached hydrogens (tertiary/aromatic N) is 3.